The van der Waals surface area contributed by atoms with Gasteiger partial charge in [-0.05, 0) is 22.0 Å². The van der Waals surface area contributed by atoms with E-state index in [1.807, 2.05) is 0 Å². The van der Waals surface area contributed by atoms with Crippen LogP contribution in [-0.2, 0) is 9.53 Å². The highest BCUT2D eigenvalue weighted by atomic mass is 79.9. The highest BCUT2D eigenvalue weighted by Gasteiger charge is 2.12. The number of Topliss-reactive ketones (excluding diaryl/α,β-unsaturated/α-hetero) is 1. The predicted octanol–water partition coefficient (Wildman–Crippen LogP) is 2.45. The molecule has 0 aliphatic rings. The molecule has 0 aliphatic carbocycles. The van der Waals surface area contributed by atoms with E-state index < -0.39 is 12.6 Å². The number of thiophene rings is 1. The fourth-order valence-electron chi connectivity index (χ4n) is 0.786. The molecular formula is C8H6BrClO4S. The summed E-state index contributed by atoms with van der Waals surface area (Å²) in [6.07, 6.45) is 0. The summed E-state index contributed by atoms with van der Waals surface area (Å²) in [5.41, 5.74) is 0. The third-order valence-corrected chi connectivity index (χ3v) is 3.89. The predicted molar refractivity (Wildman–Crippen MR) is 59.8 cm³/mol. The average molecular weight is 314 g/mol. The number of carboxylic acid groups (broad SMARTS) is 1. The van der Waals surface area contributed by atoms with Crippen molar-refractivity contribution in [1.82, 2.24) is 0 Å². The number of hydrogen-bond acceptors (Lipinski definition) is 4. The number of carbonyl (C=O) groups excluding carboxylic acids is 1. The third kappa shape index (κ3) is 3.90. The molecule has 0 saturated heterocycles. The molecule has 1 aromatic heterocycles. The molecule has 1 N–H and O–H groups in total. The summed E-state index contributed by atoms with van der Waals surface area (Å²) in [5.74, 6) is -1.39. The molecular weight excluding hydrogens is 308 g/mol. The quantitative estimate of drug-likeness (QED) is 0.848. The lowest BCUT2D eigenvalue weighted by Gasteiger charge is -1.97. The zero-order valence-corrected chi connectivity index (χ0v) is 10.5. The summed E-state index contributed by atoms with van der Waals surface area (Å²) < 4.78 is 5.33. The fraction of sp³-hybridized carbons (Fsp3) is 0.250. The summed E-state index contributed by atoms with van der Waals surface area (Å²) in [6, 6.07) is 1.52. The van der Waals surface area contributed by atoms with Crippen LogP contribution >= 0.6 is 38.9 Å². The van der Waals surface area contributed by atoms with Crippen LogP contribution in [0.5, 0.6) is 0 Å². The molecule has 0 spiro atoms. The van der Waals surface area contributed by atoms with Gasteiger partial charge in [0.05, 0.1) is 13.7 Å². The highest BCUT2D eigenvalue weighted by molar-refractivity contribution is 9.11. The minimum absolute atomic E-state index is 0.254. The minimum atomic E-state index is -1.10. The smallest absolute Gasteiger partial charge is 0.329 e. The molecule has 15 heavy (non-hydrogen) atoms. The van der Waals surface area contributed by atoms with Gasteiger partial charge in [0.1, 0.15) is 13.2 Å². The van der Waals surface area contributed by atoms with Gasteiger partial charge in [0, 0.05) is 0 Å². The number of rotatable bonds is 5. The molecule has 0 radical (unpaired) electrons. The molecule has 0 unspecified atom stereocenters. The molecule has 0 aromatic carbocycles. The van der Waals surface area contributed by atoms with Gasteiger partial charge < -0.3 is 9.84 Å². The summed E-state index contributed by atoms with van der Waals surface area (Å²) in [4.78, 5) is 22.0. The van der Waals surface area contributed by atoms with Gasteiger partial charge in [-0.3, -0.25) is 4.79 Å². The van der Waals surface area contributed by atoms with Crippen LogP contribution in [0, 0.1) is 0 Å². The number of ether oxygens (including phenoxy) is 1. The number of carboxylic acids is 1. The van der Waals surface area contributed by atoms with Crippen LogP contribution < -0.4 is 0 Å². The lowest BCUT2D eigenvalue weighted by atomic mass is 10.3. The Hall–Kier alpha value is -0.430. The first-order valence-corrected chi connectivity index (χ1v) is 5.77. The van der Waals surface area contributed by atoms with Gasteiger partial charge in [-0.1, -0.05) is 11.6 Å². The molecule has 0 atom stereocenters. The maximum absolute atomic E-state index is 11.4. The summed E-state index contributed by atoms with van der Waals surface area (Å²) in [7, 11) is 0. The van der Waals surface area contributed by atoms with Crippen LogP contribution in [0.4, 0.5) is 0 Å². The minimum Gasteiger partial charge on any atom is -0.480 e. The Balaban J connectivity index is 2.50. The van der Waals surface area contributed by atoms with E-state index in [1.54, 1.807) is 0 Å². The topological polar surface area (TPSA) is 63.6 Å². The number of ketones is 1. The molecule has 0 bridgehead atoms. The molecule has 4 nitrogen and oxygen atoms in total. The van der Waals surface area contributed by atoms with E-state index in [4.69, 9.17) is 16.7 Å². The van der Waals surface area contributed by atoms with Crippen LogP contribution in [-0.4, -0.2) is 30.1 Å². The van der Waals surface area contributed by atoms with Gasteiger partial charge in [0.15, 0.2) is 5.78 Å². The van der Waals surface area contributed by atoms with Crippen molar-refractivity contribution in [3.05, 3.63) is 19.8 Å². The lowest BCUT2D eigenvalue weighted by molar-refractivity contribution is -0.141. The van der Waals surface area contributed by atoms with E-state index >= 15 is 0 Å². The zero-order chi connectivity index (χ0) is 11.4. The van der Waals surface area contributed by atoms with E-state index in [2.05, 4.69) is 20.7 Å². The maximum Gasteiger partial charge on any atom is 0.329 e. The van der Waals surface area contributed by atoms with E-state index in [1.165, 1.54) is 17.4 Å². The first-order chi connectivity index (χ1) is 7.00. The largest absolute Gasteiger partial charge is 0.480 e. The number of halogens is 2. The van der Waals surface area contributed by atoms with Crippen molar-refractivity contribution in [3.63, 3.8) is 0 Å². The van der Waals surface area contributed by atoms with Crippen molar-refractivity contribution in [3.8, 4) is 0 Å². The maximum atomic E-state index is 11.4. The third-order valence-electron chi connectivity index (χ3n) is 1.38. The van der Waals surface area contributed by atoms with Crippen molar-refractivity contribution >= 4 is 50.6 Å². The van der Waals surface area contributed by atoms with Crippen molar-refractivity contribution < 1.29 is 19.4 Å². The SMILES string of the molecule is O=C(O)COCC(=O)c1cc(Cl)c(Br)s1. The molecule has 82 valence electrons. The van der Waals surface area contributed by atoms with Crippen LogP contribution in [0.1, 0.15) is 9.67 Å². The fourth-order valence-corrected chi connectivity index (χ4v) is 2.41. The zero-order valence-electron chi connectivity index (χ0n) is 7.33. The average Bonchev–Trinajstić information content (AvgIpc) is 2.46. The normalized spacial score (nSPS) is 10.3. The molecule has 7 heteroatoms. The number of aliphatic carboxylic acids is 1. The van der Waals surface area contributed by atoms with Gasteiger partial charge in [0.2, 0.25) is 0 Å². The van der Waals surface area contributed by atoms with E-state index in [0.29, 0.717) is 13.7 Å². The van der Waals surface area contributed by atoms with Crippen LogP contribution in [0.2, 0.25) is 5.02 Å². The van der Waals surface area contributed by atoms with Gasteiger partial charge in [0.25, 0.3) is 0 Å². The van der Waals surface area contributed by atoms with Crippen molar-refractivity contribution in [2.75, 3.05) is 13.2 Å². The second-order valence-corrected chi connectivity index (χ2v) is 5.32. The molecule has 0 amide bonds. The molecule has 1 aromatic rings. The van der Waals surface area contributed by atoms with Crippen molar-refractivity contribution in [2.24, 2.45) is 0 Å². The summed E-state index contributed by atoms with van der Waals surface area (Å²) >= 11 is 10.1. The first-order valence-electron chi connectivity index (χ1n) is 3.78. The van der Waals surface area contributed by atoms with Crippen molar-refractivity contribution in [2.45, 2.75) is 0 Å². The van der Waals surface area contributed by atoms with Crippen LogP contribution in [0.15, 0.2) is 9.85 Å². The second kappa shape index (κ2) is 5.60. The number of carbonyl (C=O) groups is 2. The Bertz CT molecular complexity index is 370. The van der Waals surface area contributed by atoms with Crippen molar-refractivity contribution in [1.29, 1.82) is 0 Å². The van der Waals surface area contributed by atoms with Gasteiger partial charge in [-0.2, -0.15) is 0 Å². The monoisotopic (exact) mass is 312 g/mol. The highest BCUT2D eigenvalue weighted by Crippen LogP contribution is 2.32. The van der Waals surface area contributed by atoms with E-state index in [-0.39, 0.29) is 12.4 Å². The molecule has 0 saturated carbocycles. The Kier molecular flexibility index (Phi) is 4.72. The Morgan fingerprint density at radius 3 is 2.67 bits per heavy atom. The van der Waals surface area contributed by atoms with Gasteiger partial charge in [-0.25, -0.2) is 4.79 Å². The second-order valence-electron chi connectivity index (χ2n) is 2.54. The molecule has 0 aliphatic heterocycles. The van der Waals surface area contributed by atoms with Gasteiger partial charge in [-0.15, -0.1) is 11.3 Å². The standard InChI is InChI=1S/C8H6BrClO4S/c9-8-4(10)1-6(15-8)5(11)2-14-3-7(12)13/h1H,2-3H2,(H,12,13). The lowest BCUT2D eigenvalue weighted by Crippen LogP contribution is -2.13. The first kappa shape index (κ1) is 12.6. The van der Waals surface area contributed by atoms with Gasteiger partial charge >= 0.3 is 5.97 Å². The number of hydrogen-bond donors (Lipinski definition) is 1. The summed E-state index contributed by atoms with van der Waals surface area (Å²) in [6.45, 7) is -0.735. The van der Waals surface area contributed by atoms with Crippen LogP contribution in [0.25, 0.3) is 0 Å². The van der Waals surface area contributed by atoms with Crippen LogP contribution in [0.3, 0.4) is 0 Å². The summed E-state index contributed by atoms with van der Waals surface area (Å²) in [5, 5.41) is 8.74. The molecule has 1 rings (SSSR count). The Morgan fingerprint density at radius 2 is 2.20 bits per heavy atom. The Labute approximate surface area is 103 Å². The Morgan fingerprint density at radius 1 is 1.53 bits per heavy atom. The molecule has 1 heterocycles. The van der Waals surface area contributed by atoms with E-state index in [0.717, 1.165) is 0 Å². The molecule has 0 fully saturated rings. The van der Waals surface area contributed by atoms with E-state index in [9.17, 15) is 9.59 Å².